The number of nitrogens with zero attached hydrogens (tertiary/aromatic N) is 2. The molecule has 2 heterocycles. The number of phenols is 1. The smallest absolute Gasteiger partial charge is 0.257 e. The van der Waals surface area contributed by atoms with Crippen molar-refractivity contribution in [3.8, 4) is 5.75 Å². The summed E-state index contributed by atoms with van der Waals surface area (Å²) in [4.78, 5) is 48.6. The van der Waals surface area contributed by atoms with Crippen molar-refractivity contribution in [2.24, 2.45) is 17.8 Å². The Morgan fingerprint density at radius 1 is 1.00 bits per heavy atom. The van der Waals surface area contributed by atoms with E-state index >= 15 is 0 Å². The van der Waals surface area contributed by atoms with Crippen molar-refractivity contribution in [1.82, 2.24) is 9.96 Å². The first-order valence-electron chi connectivity index (χ1n) is 9.80. The maximum Gasteiger partial charge on any atom is 0.257 e. The number of aromatic hydroxyl groups is 1. The molecule has 1 saturated carbocycles. The third kappa shape index (κ3) is 2.30. The van der Waals surface area contributed by atoms with Crippen molar-refractivity contribution in [3.05, 3.63) is 41.5 Å². The highest BCUT2D eigenvalue weighted by molar-refractivity contribution is 6.53. The lowest BCUT2D eigenvalue weighted by molar-refractivity contribution is -0.173. The number of amides is 4. The van der Waals surface area contributed by atoms with Crippen LogP contribution in [0.5, 0.6) is 5.75 Å². The highest BCUT2D eigenvalue weighted by Crippen LogP contribution is 2.65. The topological polar surface area (TPSA) is 115 Å². The van der Waals surface area contributed by atoms with E-state index in [4.69, 9.17) is 23.2 Å². The number of halogens is 2. The molecule has 0 bridgehead atoms. The van der Waals surface area contributed by atoms with Gasteiger partial charge in [0.1, 0.15) is 5.75 Å². The van der Waals surface area contributed by atoms with Crippen LogP contribution in [0.4, 0.5) is 0 Å². The largest absolute Gasteiger partial charge is 0.508 e. The molecule has 3 fully saturated rings. The van der Waals surface area contributed by atoms with E-state index in [-0.39, 0.29) is 23.7 Å². The lowest BCUT2D eigenvalue weighted by Gasteiger charge is -2.50. The van der Waals surface area contributed by atoms with Crippen molar-refractivity contribution in [3.63, 3.8) is 0 Å². The van der Waals surface area contributed by atoms with E-state index in [1.807, 2.05) is 0 Å². The first kappa shape index (κ1) is 20.5. The van der Waals surface area contributed by atoms with Crippen molar-refractivity contribution >= 4 is 46.8 Å². The Hall–Kier alpha value is -2.42. The second kappa shape index (κ2) is 6.31. The highest BCUT2D eigenvalue weighted by atomic mass is 35.5. The molecule has 10 heteroatoms. The Morgan fingerprint density at radius 3 is 2.29 bits per heavy atom. The third-order valence-corrected chi connectivity index (χ3v) is 8.63. The van der Waals surface area contributed by atoms with Gasteiger partial charge in [-0.2, -0.15) is 5.06 Å². The zero-order valence-corrected chi connectivity index (χ0v) is 17.8. The first-order chi connectivity index (χ1) is 14.5. The summed E-state index contributed by atoms with van der Waals surface area (Å²) in [6.45, 7) is 0. The van der Waals surface area contributed by atoms with Crippen LogP contribution in [0.1, 0.15) is 24.3 Å². The number of benzene rings is 1. The summed E-state index contributed by atoms with van der Waals surface area (Å²) in [7, 11) is 1.31. The van der Waals surface area contributed by atoms with Crippen LogP contribution in [0.2, 0.25) is 0 Å². The zero-order chi connectivity index (χ0) is 22.5. The fraction of sp³-hybridized carbons (Fsp3) is 0.429. The van der Waals surface area contributed by atoms with E-state index in [0.29, 0.717) is 11.1 Å². The molecule has 162 valence electrons. The summed E-state index contributed by atoms with van der Waals surface area (Å²) in [6.07, 6.45) is 1.83. The second-order valence-electron chi connectivity index (χ2n) is 8.58. The summed E-state index contributed by atoms with van der Waals surface area (Å²) >= 11 is 13.9. The molecule has 4 aliphatic rings. The molecular weight excluding hydrogens is 447 g/mol. The van der Waals surface area contributed by atoms with Gasteiger partial charge in [0.15, 0.2) is 9.75 Å². The van der Waals surface area contributed by atoms with Gasteiger partial charge in [0.2, 0.25) is 0 Å². The molecule has 31 heavy (non-hydrogen) atoms. The van der Waals surface area contributed by atoms with E-state index in [0.717, 1.165) is 4.90 Å². The molecule has 2 aliphatic heterocycles. The summed E-state index contributed by atoms with van der Waals surface area (Å²) in [5.41, 5.74) is 1.17. The van der Waals surface area contributed by atoms with Gasteiger partial charge in [0.05, 0.1) is 11.8 Å². The number of likely N-dealkylation sites (tertiary alicyclic amines) is 1. The van der Waals surface area contributed by atoms with Crippen molar-refractivity contribution in [1.29, 1.82) is 0 Å². The van der Waals surface area contributed by atoms with Gasteiger partial charge < -0.3 is 5.11 Å². The number of allylic oxidation sites excluding steroid dienone is 2. The average molecular weight is 465 g/mol. The molecule has 1 aromatic carbocycles. The molecule has 6 atom stereocenters. The van der Waals surface area contributed by atoms with Gasteiger partial charge in [-0.25, -0.2) is 0 Å². The average Bonchev–Trinajstić information content (AvgIpc) is 3.04. The lowest BCUT2D eigenvalue weighted by Crippen LogP contribution is -2.60. The van der Waals surface area contributed by atoms with Crippen molar-refractivity contribution in [2.75, 3.05) is 7.05 Å². The minimum absolute atomic E-state index is 0.00740. The fourth-order valence-corrected chi connectivity index (χ4v) is 6.79. The maximum atomic E-state index is 13.2. The molecule has 4 amide bonds. The number of carbonyl (C=O) groups is 4. The number of hydrogen-bond acceptors (Lipinski definition) is 6. The summed E-state index contributed by atoms with van der Waals surface area (Å²) in [5, 5.41) is 19.8. The lowest BCUT2D eigenvalue weighted by atomic mass is 9.56. The maximum absolute atomic E-state index is 13.2. The van der Waals surface area contributed by atoms with Crippen LogP contribution in [0, 0.1) is 17.8 Å². The van der Waals surface area contributed by atoms with Gasteiger partial charge in [0, 0.05) is 13.0 Å². The molecule has 0 spiro atoms. The van der Waals surface area contributed by atoms with Crippen LogP contribution in [-0.4, -0.2) is 60.7 Å². The molecule has 0 radical (unpaired) electrons. The summed E-state index contributed by atoms with van der Waals surface area (Å²) in [5.74, 6) is -5.95. The normalized spacial score (nSPS) is 39.4. The number of carbonyl (C=O) groups excluding carboxylic acids is 4. The Labute approximate surface area is 187 Å². The van der Waals surface area contributed by atoms with Crippen molar-refractivity contribution in [2.45, 2.75) is 28.5 Å². The Bertz CT molecular complexity index is 1090. The monoisotopic (exact) mass is 464 g/mol. The molecular formula is C21H18Cl2N2O6. The Morgan fingerprint density at radius 2 is 1.65 bits per heavy atom. The number of hydrogen-bond donors (Lipinski definition) is 2. The predicted octanol–water partition coefficient (Wildman–Crippen LogP) is 1.77. The van der Waals surface area contributed by atoms with E-state index < -0.39 is 57.0 Å². The predicted molar refractivity (Wildman–Crippen MR) is 107 cm³/mol. The van der Waals surface area contributed by atoms with Crippen LogP contribution in [0.3, 0.4) is 0 Å². The molecule has 2 N–H and O–H groups in total. The van der Waals surface area contributed by atoms with E-state index in [1.165, 1.54) is 19.2 Å². The number of fused-ring (bicyclic) bond motifs is 4. The summed E-state index contributed by atoms with van der Waals surface area (Å²) < 4.78 is 0. The van der Waals surface area contributed by atoms with Crippen LogP contribution >= 0.6 is 23.2 Å². The van der Waals surface area contributed by atoms with Gasteiger partial charge in [-0.15, -0.1) is 23.2 Å². The molecule has 1 aromatic rings. The third-order valence-electron chi connectivity index (χ3n) is 7.22. The SMILES string of the molecule is CN1C(=O)C2(Cl)CC3C(=CCC4C(=O)N(O)C(=O)C43)C(c3ccc(O)cc3)C2(Cl)C1=O. The van der Waals surface area contributed by atoms with Crippen LogP contribution < -0.4 is 0 Å². The molecule has 8 nitrogen and oxygen atoms in total. The quantitative estimate of drug-likeness (QED) is 0.283. The molecule has 2 saturated heterocycles. The van der Waals surface area contributed by atoms with Crippen LogP contribution in [0.25, 0.3) is 0 Å². The number of rotatable bonds is 1. The van der Waals surface area contributed by atoms with E-state index in [1.54, 1.807) is 18.2 Å². The molecule has 2 aliphatic carbocycles. The minimum Gasteiger partial charge on any atom is -0.508 e. The second-order valence-corrected chi connectivity index (χ2v) is 9.82. The van der Waals surface area contributed by atoms with Crippen LogP contribution in [-0.2, 0) is 19.2 Å². The fourth-order valence-electron chi connectivity index (χ4n) is 5.77. The minimum atomic E-state index is -1.85. The van der Waals surface area contributed by atoms with Gasteiger partial charge in [0.25, 0.3) is 23.6 Å². The molecule has 0 aromatic heterocycles. The standard InChI is InChI=1S/C21H18Cl2N2O6/c1-24-18(29)20(22)8-13-11(6-7-12-14(13)17(28)25(31)16(12)27)15(21(20,23)19(24)30)9-2-4-10(26)5-3-9/h2-6,12-15,26,31H,7-8H2,1H3. The molecule has 5 rings (SSSR count). The van der Waals surface area contributed by atoms with E-state index in [9.17, 15) is 29.5 Å². The van der Waals surface area contributed by atoms with Gasteiger partial charge >= 0.3 is 0 Å². The number of hydroxylamine groups is 2. The van der Waals surface area contributed by atoms with E-state index in [2.05, 4.69) is 0 Å². The number of phenolic OH excluding ortho intramolecular Hbond substituents is 1. The van der Waals surface area contributed by atoms with Crippen molar-refractivity contribution < 1.29 is 29.5 Å². The summed E-state index contributed by atoms with van der Waals surface area (Å²) in [6, 6.07) is 6.05. The van der Waals surface area contributed by atoms with Gasteiger partial charge in [-0.05, 0) is 36.5 Å². The first-order valence-corrected chi connectivity index (χ1v) is 10.6. The zero-order valence-electron chi connectivity index (χ0n) is 16.3. The van der Waals surface area contributed by atoms with Crippen LogP contribution in [0.15, 0.2) is 35.9 Å². The Balaban J connectivity index is 1.74. The molecule has 6 unspecified atom stereocenters. The number of imide groups is 2. The Kier molecular flexibility index (Phi) is 4.17. The number of alkyl halides is 2. The van der Waals surface area contributed by atoms with Gasteiger partial charge in [-0.3, -0.25) is 29.3 Å². The highest BCUT2D eigenvalue weighted by Gasteiger charge is 2.75. The van der Waals surface area contributed by atoms with Gasteiger partial charge in [-0.1, -0.05) is 23.8 Å².